The van der Waals surface area contributed by atoms with Gasteiger partial charge in [0.1, 0.15) is 5.54 Å². The summed E-state index contributed by atoms with van der Waals surface area (Å²) in [7, 11) is 0. The van der Waals surface area contributed by atoms with Gasteiger partial charge in [-0.05, 0) is 69.3 Å². The standard InChI is InChI=1S/C21H29N5O2S/c1-29-17-7-5-16(6-8-17)19-23-18(28-24-19)15-25-13-9-21(10-14-25,20(22)27)26-11-3-2-4-12-26/h5-8H,2-4,9-15H2,1H3,(H2,22,27). The minimum absolute atomic E-state index is 0.173. The Balaban J connectivity index is 1.38. The molecule has 0 aliphatic carbocycles. The first-order valence-electron chi connectivity index (χ1n) is 10.3. The molecule has 0 radical (unpaired) electrons. The predicted molar refractivity (Wildman–Crippen MR) is 113 cm³/mol. The van der Waals surface area contributed by atoms with Crippen LogP contribution in [0.25, 0.3) is 11.4 Å². The summed E-state index contributed by atoms with van der Waals surface area (Å²) < 4.78 is 5.48. The minimum Gasteiger partial charge on any atom is -0.368 e. The molecule has 2 saturated heterocycles. The summed E-state index contributed by atoms with van der Waals surface area (Å²) >= 11 is 1.71. The van der Waals surface area contributed by atoms with Crippen molar-refractivity contribution in [3.63, 3.8) is 0 Å². The van der Waals surface area contributed by atoms with Crippen LogP contribution in [0.1, 0.15) is 38.0 Å². The van der Waals surface area contributed by atoms with Gasteiger partial charge >= 0.3 is 0 Å². The summed E-state index contributed by atoms with van der Waals surface area (Å²) in [6, 6.07) is 8.15. The second-order valence-electron chi connectivity index (χ2n) is 7.96. The summed E-state index contributed by atoms with van der Waals surface area (Å²) in [5.41, 5.74) is 6.34. The Morgan fingerprint density at radius 3 is 2.45 bits per heavy atom. The smallest absolute Gasteiger partial charge is 0.241 e. The van der Waals surface area contributed by atoms with Gasteiger partial charge < -0.3 is 10.3 Å². The number of nitrogens with zero attached hydrogens (tertiary/aromatic N) is 4. The number of rotatable bonds is 6. The number of carbonyl (C=O) groups is 1. The van der Waals surface area contributed by atoms with E-state index in [1.165, 1.54) is 11.3 Å². The molecule has 0 bridgehead atoms. The van der Waals surface area contributed by atoms with Gasteiger partial charge in [0, 0.05) is 23.5 Å². The lowest BCUT2D eigenvalue weighted by molar-refractivity contribution is -0.135. The molecule has 8 heteroatoms. The van der Waals surface area contributed by atoms with Crippen LogP contribution in [0.2, 0.25) is 0 Å². The van der Waals surface area contributed by atoms with E-state index < -0.39 is 5.54 Å². The molecule has 2 N–H and O–H groups in total. The lowest BCUT2D eigenvalue weighted by Crippen LogP contribution is -2.63. The van der Waals surface area contributed by atoms with E-state index in [4.69, 9.17) is 10.3 Å². The van der Waals surface area contributed by atoms with Crippen LogP contribution in [-0.4, -0.2) is 63.8 Å². The van der Waals surface area contributed by atoms with Crippen LogP contribution in [0, 0.1) is 0 Å². The number of hydrogen-bond acceptors (Lipinski definition) is 7. The summed E-state index contributed by atoms with van der Waals surface area (Å²) in [5, 5.41) is 4.14. The van der Waals surface area contributed by atoms with Crippen molar-refractivity contribution in [2.75, 3.05) is 32.4 Å². The third-order valence-corrected chi connectivity index (χ3v) is 7.02. The SMILES string of the molecule is CSc1ccc(-c2noc(CN3CCC(C(N)=O)(N4CCCCC4)CC3)n2)cc1. The number of carbonyl (C=O) groups excluding carboxylic acids is 1. The van der Waals surface area contributed by atoms with Crippen LogP contribution in [-0.2, 0) is 11.3 Å². The third-order valence-electron chi connectivity index (χ3n) is 6.28. The molecular formula is C21H29N5O2S. The topological polar surface area (TPSA) is 88.5 Å². The normalized spacial score (nSPS) is 20.6. The fourth-order valence-corrected chi connectivity index (χ4v) is 4.90. The molecule has 2 fully saturated rings. The molecule has 1 aromatic carbocycles. The fourth-order valence-electron chi connectivity index (χ4n) is 4.49. The number of piperidine rings is 2. The van der Waals surface area contributed by atoms with Crippen molar-refractivity contribution in [1.82, 2.24) is 19.9 Å². The maximum absolute atomic E-state index is 12.4. The average Bonchev–Trinajstić information content (AvgIpc) is 3.23. The molecule has 3 heterocycles. The molecule has 2 aliphatic rings. The zero-order valence-corrected chi connectivity index (χ0v) is 17.8. The number of thioether (sulfide) groups is 1. The second-order valence-corrected chi connectivity index (χ2v) is 8.84. The summed E-state index contributed by atoms with van der Waals surface area (Å²) in [4.78, 5) is 22.7. The molecule has 1 amide bonds. The zero-order chi connectivity index (χ0) is 20.3. The van der Waals surface area contributed by atoms with E-state index >= 15 is 0 Å². The van der Waals surface area contributed by atoms with Crippen molar-refractivity contribution in [3.05, 3.63) is 30.2 Å². The summed E-state index contributed by atoms with van der Waals surface area (Å²) in [5.74, 6) is 1.05. The predicted octanol–water partition coefficient (Wildman–Crippen LogP) is 2.76. The van der Waals surface area contributed by atoms with Gasteiger partial charge in [0.05, 0.1) is 6.54 Å². The van der Waals surface area contributed by atoms with E-state index in [-0.39, 0.29) is 5.91 Å². The van der Waals surface area contributed by atoms with Gasteiger partial charge in [-0.3, -0.25) is 14.6 Å². The van der Waals surface area contributed by atoms with Gasteiger partial charge in [0.2, 0.25) is 17.6 Å². The van der Waals surface area contributed by atoms with Crippen LogP contribution >= 0.6 is 11.8 Å². The minimum atomic E-state index is -0.490. The molecule has 0 unspecified atom stereocenters. The molecular weight excluding hydrogens is 386 g/mol. The van der Waals surface area contributed by atoms with E-state index in [2.05, 4.69) is 38.3 Å². The highest BCUT2D eigenvalue weighted by Gasteiger charge is 2.45. The number of primary amides is 1. The Hall–Kier alpha value is -1.90. The molecule has 4 rings (SSSR count). The Kier molecular flexibility index (Phi) is 6.22. The quantitative estimate of drug-likeness (QED) is 0.726. The lowest BCUT2D eigenvalue weighted by atomic mass is 9.83. The molecule has 1 aromatic heterocycles. The Bertz CT molecular complexity index is 824. The maximum Gasteiger partial charge on any atom is 0.241 e. The van der Waals surface area contributed by atoms with Gasteiger partial charge in [-0.2, -0.15) is 4.98 Å². The van der Waals surface area contributed by atoms with Crippen molar-refractivity contribution in [1.29, 1.82) is 0 Å². The second kappa shape index (κ2) is 8.85. The van der Waals surface area contributed by atoms with Crippen LogP contribution in [0.5, 0.6) is 0 Å². The maximum atomic E-state index is 12.4. The van der Waals surface area contributed by atoms with Gasteiger partial charge in [0.15, 0.2) is 0 Å². The first-order valence-corrected chi connectivity index (χ1v) is 11.6. The van der Waals surface area contributed by atoms with Crippen LogP contribution in [0.15, 0.2) is 33.7 Å². The molecule has 0 spiro atoms. The third kappa shape index (κ3) is 4.34. The molecule has 0 saturated carbocycles. The highest BCUT2D eigenvalue weighted by Crippen LogP contribution is 2.32. The zero-order valence-electron chi connectivity index (χ0n) is 17.0. The number of benzene rings is 1. The van der Waals surface area contributed by atoms with Crippen LogP contribution in [0.4, 0.5) is 0 Å². The van der Waals surface area contributed by atoms with Gasteiger partial charge in [0.25, 0.3) is 0 Å². The van der Waals surface area contributed by atoms with E-state index in [0.717, 1.165) is 57.4 Å². The molecule has 2 aliphatic heterocycles. The largest absolute Gasteiger partial charge is 0.368 e. The number of nitrogens with two attached hydrogens (primary N) is 1. The summed E-state index contributed by atoms with van der Waals surface area (Å²) in [6.07, 6.45) is 7.14. The lowest BCUT2D eigenvalue weighted by Gasteiger charge is -2.47. The highest BCUT2D eigenvalue weighted by atomic mass is 32.2. The number of likely N-dealkylation sites (tertiary alicyclic amines) is 2. The fraction of sp³-hybridized carbons (Fsp3) is 0.571. The van der Waals surface area contributed by atoms with Crippen LogP contribution < -0.4 is 5.73 Å². The van der Waals surface area contributed by atoms with Crippen molar-refractivity contribution in [2.45, 2.75) is 49.1 Å². The first-order chi connectivity index (χ1) is 14.1. The van der Waals surface area contributed by atoms with Crippen molar-refractivity contribution in [2.24, 2.45) is 5.73 Å². The van der Waals surface area contributed by atoms with Crippen LogP contribution in [0.3, 0.4) is 0 Å². The molecule has 29 heavy (non-hydrogen) atoms. The van der Waals surface area contributed by atoms with Crippen molar-refractivity contribution in [3.8, 4) is 11.4 Å². The van der Waals surface area contributed by atoms with E-state index in [1.807, 2.05) is 12.1 Å². The Labute approximate surface area is 176 Å². The van der Waals surface area contributed by atoms with E-state index in [9.17, 15) is 4.79 Å². The van der Waals surface area contributed by atoms with Gasteiger partial charge in [-0.1, -0.05) is 11.6 Å². The van der Waals surface area contributed by atoms with Gasteiger partial charge in [-0.25, -0.2) is 0 Å². The average molecular weight is 416 g/mol. The van der Waals surface area contributed by atoms with Gasteiger partial charge in [-0.15, -0.1) is 11.8 Å². The van der Waals surface area contributed by atoms with E-state index in [1.54, 1.807) is 11.8 Å². The first kappa shape index (κ1) is 20.4. The Morgan fingerprint density at radius 1 is 1.14 bits per heavy atom. The highest BCUT2D eigenvalue weighted by molar-refractivity contribution is 7.98. The van der Waals surface area contributed by atoms with Crippen molar-refractivity contribution >= 4 is 17.7 Å². The number of amides is 1. The number of hydrogen-bond donors (Lipinski definition) is 1. The molecule has 7 nitrogen and oxygen atoms in total. The van der Waals surface area contributed by atoms with Crippen molar-refractivity contribution < 1.29 is 9.32 Å². The molecule has 2 aromatic rings. The summed E-state index contributed by atoms with van der Waals surface area (Å²) in [6.45, 7) is 4.17. The molecule has 156 valence electrons. The van der Waals surface area contributed by atoms with E-state index in [0.29, 0.717) is 18.3 Å². The molecule has 0 atom stereocenters. The number of aromatic nitrogens is 2. The monoisotopic (exact) mass is 415 g/mol. The Morgan fingerprint density at radius 2 is 1.83 bits per heavy atom.